The van der Waals surface area contributed by atoms with Crippen LogP contribution < -0.4 is 10.1 Å². The van der Waals surface area contributed by atoms with Crippen molar-refractivity contribution in [3.05, 3.63) is 81.8 Å². The average Bonchev–Trinajstić information content (AvgIpc) is 3.19. The molecule has 1 N–H and O–H groups in total. The van der Waals surface area contributed by atoms with Gasteiger partial charge in [-0.1, -0.05) is 17.7 Å². The van der Waals surface area contributed by atoms with E-state index < -0.39 is 0 Å². The lowest BCUT2D eigenvalue weighted by atomic mass is 10.0. The van der Waals surface area contributed by atoms with Crippen molar-refractivity contribution in [1.82, 2.24) is 15.0 Å². The smallest absolute Gasteiger partial charge is 0.322 e. The molecule has 1 amide bonds. The first-order valence-corrected chi connectivity index (χ1v) is 10.9. The average molecular weight is 445 g/mol. The largest absolute Gasteiger partial charge is 0.424 e. The molecule has 0 aliphatic heterocycles. The van der Waals surface area contributed by atoms with Crippen molar-refractivity contribution in [3.8, 4) is 11.8 Å². The second kappa shape index (κ2) is 8.20. The molecule has 0 fully saturated rings. The molecule has 2 aromatic heterocycles. The monoisotopic (exact) mass is 444 g/mol. The van der Waals surface area contributed by atoms with Crippen LogP contribution in [0.5, 0.6) is 11.8 Å². The first-order chi connectivity index (χ1) is 15.5. The van der Waals surface area contributed by atoms with Crippen LogP contribution in [0.25, 0.3) is 10.9 Å². The van der Waals surface area contributed by atoms with Gasteiger partial charge in [0.1, 0.15) is 5.75 Å². The Bertz CT molecular complexity index is 1350. The lowest BCUT2D eigenvalue weighted by Gasteiger charge is -2.14. The van der Waals surface area contributed by atoms with Crippen LogP contribution in [0.4, 0.5) is 5.69 Å². The maximum Gasteiger partial charge on any atom is 0.322 e. The number of carbonyl (C=O) groups is 1. The number of aromatic nitrogens is 3. The van der Waals surface area contributed by atoms with Crippen molar-refractivity contribution in [1.29, 1.82) is 0 Å². The molecule has 0 saturated carbocycles. The highest BCUT2D eigenvalue weighted by Gasteiger charge is 2.24. The van der Waals surface area contributed by atoms with E-state index >= 15 is 0 Å². The fourth-order valence-electron chi connectivity index (χ4n) is 4.17. The third-order valence-corrected chi connectivity index (χ3v) is 5.70. The summed E-state index contributed by atoms with van der Waals surface area (Å²) in [5.41, 5.74) is 5.71. The van der Waals surface area contributed by atoms with E-state index in [-0.39, 0.29) is 11.9 Å². The summed E-state index contributed by atoms with van der Waals surface area (Å²) in [6, 6.07) is 14.8. The number of hydrogen-bond donors (Lipinski definition) is 1. The second-order valence-electron chi connectivity index (χ2n) is 7.94. The van der Waals surface area contributed by atoms with Gasteiger partial charge in [-0.3, -0.25) is 9.78 Å². The fraction of sp³-hybridized carbons (Fsp3) is 0.200. The number of carbonyl (C=O) groups excluding carboxylic acids is 1. The number of nitrogens with one attached hydrogen (secondary N) is 1. The lowest BCUT2D eigenvalue weighted by Crippen LogP contribution is -2.15. The van der Waals surface area contributed by atoms with E-state index in [4.69, 9.17) is 21.3 Å². The van der Waals surface area contributed by atoms with Crippen LogP contribution in [0, 0.1) is 13.8 Å². The summed E-state index contributed by atoms with van der Waals surface area (Å²) >= 11 is 6.24. The summed E-state index contributed by atoms with van der Waals surface area (Å²) < 4.78 is 5.83. The van der Waals surface area contributed by atoms with E-state index in [9.17, 15) is 4.79 Å². The van der Waals surface area contributed by atoms with Crippen LogP contribution in [0.2, 0.25) is 5.02 Å². The van der Waals surface area contributed by atoms with E-state index in [1.165, 1.54) is 0 Å². The van der Waals surface area contributed by atoms with Gasteiger partial charge in [0.2, 0.25) is 0 Å². The molecule has 7 heteroatoms. The lowest BCUT2D eigenvalue weighted by molar-refractivity contribution is 0.102. The number of fused-ring (bicyclic) bond motifs is 2. The summed E-state index contributed by atoms with van der Waals surface area (Å²) in [6.45, 7) is 3.78. The van der Waals surface area contributed by atoms with E-state index in [0.29, 0.717) is 22.0 Å². The molecular formula is C25H21ClN4O2. The Hall–Kier alpha value is -3.51. The van der Waals surface area contributed by atoms with Crippen molar-refractivity contribution >= 4 is 34.1 Å². The summed E-state index contributed by atoms with van der Waals surface area (Å²) in [7, 11) is 0. The quantitative estimate of drug-likeness (QED) is 0.428. The summed E-state index contributed by atoms with van der Waals surface area (Å²) in [5.74, 6) is 0.360. The van der Waals surface area contributed by atoms with Crippen molar-refractivity contribution in [2.24, 2.45) is 0 Å². The molecule has 0 atom stereocenters. The molecule has 4 aromatic rings. The van der Waals surface area contributed by atoms with Gasteiger partial charge in [0.25, 0.3) is 5.91 Å². The molecule has 0 saturated heterocycles. The van der Waals surface area contributed by atoms with Gasteiger partial charge in [-0.05, 0) is 75.1 Å². The molecule has 0 radical (unpaired) electrons. The van der Waals surface area contributed by atoms with E-state index in [1.54, 1.807) is 18.2 Å². The van der Waals surface area contributed by atoms with E-state index in [0.717, 1.165) is 52.8 Å². The van der Waals surface area contributed by atoms with Crippen LogP contribution in [-0.4, -0.2) is 20.9 Å². The zero-order valence-corrected chi connectivity index (χ0v) is 18.5. The van der Waals surface area contributed by atoms with E-state index in [2.05, 4.69) is 15.3 Å². The van der Waals surface area contributed by atoms with Crippen LogP contribution in [0.1, 0.15) is 39.4 Å². The number of hydrogen-bond acceptors (Lipinski definition) is 5. The molecule has 0 bridgehead atoms. The number of halogens is 1. The topological polar surface area (TPSA) is 77.0 Å². The third-order valence-electron chi connectivity index (χ3n) is 5.46. The Kier molecular flexibility index (Phi) is 5.23. The summed E-state index contributed by atoms with van der Waals surface area (Å²) in [4.78, 5) is 26.8. The molecule has 32 heavy (non-hydrogen) atoms. The molecule has 2 heterocycles. The van der Waals surface area contributed by atoms with Gasteiger partial charge in [0.05, 0.1) is 11.1 Å². The zero-order chi connectivity index (χ0) is 22.2. The molecule has 1 aliphatic rings. The highest BCUT2D eigenvalue weighted by molar-refractivity contribution is 6.31. The second-order valence-corrected chi connectivity index (χ2v) is 8.38. The Labute approximate surface area is 190 Å². The SMILES string of the molecule is Cc1cc(C)nc(Oc2cccc(NC(=O)c3c4c(nc5ccc(Cl)cc35)CCC4)c2)n1. The van der Waals surface area contributed by atoms with Crippen molar-refractivity contribution in [2.75, 3.05) is 5.32 Å². The van der Waals surface area contributed by atoms with Gasteiger partial charge in [-0.15, -0.1) is 0 Å². The molecule has 0 spiro atoms. The summed E-state index contributed by atoms with van der Waals surface area (Å²) in [6.07, 6.45) is 2.71. The first-order valence-electron chi connectivity index (χ1n) is 10.5. The van der Waals surface area contributed by atoms with Gasteiger partial charge in [-0.2, -0.15) is 0 Å². The number of rotatable bonds is 4. The van der Waals surface area contributed by atoms with Gasteiger partial charge in [0.15, 0.2) is 0 Å². The predicted molar refractivity (Wildman–Crippen MR) is 125 cm³/mol. The molecule has 5 rings (SSSR count). The number of nitrogens with zero attached hydrogens (tertiary/aromatic N) is 3. The van der Waals surface area contributed by atoms with Crippen molar-refractivity contribution in [3.63, 3.8) is 0 Å². The van der Waals surface area contributed by atoms with Crippen molar-refractivity contribution in [2.45, 2.75) is 33.1 Å². The molecule has 0 unspecified atom stereocenters. The predicted octanol–water partition coefficient (Wildman–Crippen LogP) is 5.83. The number of aryl methyl sites for hydroxylation is 3. The molecule has 6 nitrogen and oxygen atoms in total. The number of amides is 1. The van der Waals surface area contributed by atoms with Crippen LogP contribution >= 0.6 is 11.6 Å². The first kappa shape index (κ1) is 20.4. The minimum atomic E-state index is -0.183. The van der Waals surface area contributed by atoms with Crippen LogP contribution in [0.3, 0.4) is 0 Å². The highest BCUT2D eigenvalue weighted by Crippen LogP contribution is 2.32. The maximum atomic E-state index is 13.4. The van der Waals surface area contributed by atoms with E-state index in [1.807, 2.05) is 44.2 Å². The number of ether oxygens (including phenoxy) is 1. The molecule has 160 valence electrons. The molecule has 1 aliphatic carbocycles. The number of pyridine rings is 1. The minimum absolute atomic E-state index is 0.183. The summed E-state index contributed by atoms with van der Waals surface area (Å²) in [5, 5.41) is 4.37. The third kappa shape index (κ3) is 4.01. The van der Waals surface area contributed by atoms with Gasteiger partial charge in [0, 0.05) is 39.2 Å². The minimum Gasteiger partial charge on any atom is -0.424 e. The fourth-order valence-corrected chi connectivity index (χ4v) is 4.34. The Morgan fingerprint density at radius 2 is 1.81 bits per heavy atom. The van der Waals surface area contributed by atoms with Gasteiger partial charge >= 0.3 is 6.01 Å². The maximum absolute atomic E-state index is 13.4. The van der Waals surface area contributed by atoms with Gasteiger partial charge in [-0.25, -0.2) is 9.97 Å². The van der Waals surface area contributed by atoms with Crippen LogP contribution in [-0.2, 0) is 12.8 Å². The van der Waals surface area contributed by atoms with Crippen molar-refractivity contribution < 1.29 is 9.53 Å². The highest BCUT2D eigenvalue weighted by atomic mass is 35.5. The van der Waals surface area contributed by atoms with Crippen LogP contribution in [0.15, 0.2) is 48.5 Å². The Morgan fingerprint density at radius 3 is 2.62 bits per heavy atom. The Morgan fingerprint density at radius 1 is 1.00 bits per heavy atom. The standard InChI is InChI=1S/C25H21ClN4O2/c1-14-11-15(2)28-25(27-14)32-18-6-3-5-17(13-18)29-24(31)23-19-7-4-8-21(19)30-22-10-9-16(26)12-20(22)23/h3,5-6,9-13H,4,7-8H2,1-2H3,(H,29,31). The number of anilines is 1. The normalized spacial score (nSPS) is 12.6. The Balaban J connectivity index is 1.47. The molecular weight excluding hydrogens is 424 g/mol. The molecule has 2 aromatic carbocycles. The van der Waals surface area contributed by atoms with Gasteiger partial charge < -0.3 is 10.1 Å². The zero-order valence-electron chi connectivity index (χ0n) is 17.8. The number of benzene rings is 2.